The van der Waals surface area contributed by atoms with Crippen LogP contribution in [-0.4, -0.2) is 13.9 Å². The minimum atomic E-state index is -1.30. The number of carbonyl (C=O) groups is 1. The maximum Gasteiger partial charge on any atom is 0.155 e. The van der Waals surface area contributed by atoms with Crippen LogP contribution in [0.5, 0.6) is 0 Å². The number of hydrogen-bond acceptors (Lipinski definition) is 1. The predicted molar refractivity (Wildman–Crippen MR) is 67.2 cm³/mol. The Labute approximate surface area is 94.0 Å². The van der Waals surface area contributed by atoms with E-state index in [1.165, 1.54) is 0 Å². The number of allylic oxidation sites excluding steroid dienone is 2. The van der Waals surface area contributed by atoms with Crippen LogP contribution in [0.4, 0.5) is 0 Å². The first-order chi connectivity index (χ1) is 6.87. The van der Waals surface area contributed by atoms with E-state index in [1.54, 1.807) is 6.08 Å². The molecule has 1 rings (SSSR count). The third kappa shape index (κ3) is 3.68. The molecule has 0 bridgehead atoms. The number of hydrogen-bond donors (Lipinski definition) is 0. The molecule has 0 aromatic heterocycles. The average molecular weight is 220 g/mol. The molecule has 0 spiro atoms. The largest absolute Gasteiger partial charge is 0.295 e. The van der Waals surface area contributed by atoms with Crippen molar-refractivity contribution in [3.05, 3.63) is 12.2 Å². The van der Waals surface area contributed by atoms with Gasteiger partial charge in [0, 0.05) is 11.8 Å². The van der Waals surface area contributed by atoms with Crippen LogP contribution in [0.15, 0.2) is 12.2 Å². The Balaban J connectivity index is 2.91. The molecule has 0 saturated heterocycles. The van der Waals surface area contributed by atoms with Crippen LogP contribution in [0.2, 0.25) is 19.6 Å². The van der Waals surface area contributed by atoms with Gasteiger partial charge < -0.3 is 0 Å². The highest BCUT2D eigenvalue weighted by atomic mass is 28.3. The second-order valence-electron chi connectivity index (χ2n) is 5.31. The topological polar surface area (TPSA) is 17.1 Å². The molecule has 0 aromatic rings. The molecule has 0 fully saturated rings. The molecule has 0 N–H and O–H groups in total. The summed E-state index contributed by atoms with van der Waals surface area (Å²) in [6, 6.07) is 0. The molecule has 0 saturated carbocycles. The third-order valence-electron chi connectivity index (χ3n) is 2.72. The summed E-state index contributed by atoms with van der Waals surface area (Å²) >= 11 is 0. The quantitative estimate of drug-likeness (QED) is 0.490. The van der Waals surface area contributed by atoms with E-state index in [0.717, 1.165) is 12.8 Å². The molecule has 0 aliphatic heterocycles. The van der Waals surface area contributed by atoms with E-state index in [9.17, 15) is 4.79 Å². The molecule has 2 heteroatoms. The van der Waals surface area contributed by atoms with Crippen molar-refractivity contribution in [2.45, 2.75) is 45.8 Å². The Hall–Kier alpha value is -0.813. The van der Waals surface area contributed by atoms with E-state index in [2.05, 4.69) is 38.0 Å². The normalized spacial score (nSPS) is 26.0. The fourth-order valence-corrected chi connectivity index (χ4v) is 2.19. The minimum Gasteiger partial charge on any atom is -0.295 e. The van der Waals surface area contributed by atoms with Gasteiger partial charge in [-0.3, -0.25) is 4.79 Å². The molecule has 82 valence electrons. The SMILES string of the molecule is CCC1(C#C[Si](C)(C)C)C=CC(=O)CC1. The van der Waals surface area contributed by atoms with Crippen molar-refractivity contribution >= 4 is 13.9 Å². The molecule has 0 aromatic carbocycles. The highest BCUT2D eigenvalue weighted by Crippen LogP contribution is 2.32. The fraction of sp³-hybridized carbons (Fsp3) is 0.615. The maximum atomic E-state index is 11.1. The Kier molecular flexibility index (Phi) is 3.57. The molecule has 1 unspecified atom stereocenters. The van der Waals surface area contributed by atoms with Crippen LogP contribution in [0.25, 0.3) is 0 Å². The van der Waals surface area contributed by atoms with E-state index in [0.29, 0.717) is 6.42 Å². The Morgan fingerprint density at radius 1 is 1.47 bits per heavy atom. The van der Waals surface area contributed by atoms with Gasteiger partial charge in [0.15, 0.2) is 5.78 Å². The van der Waals surface area contributed by atoms with E-state index < -0.39 is 8.07 Å². The molecule has 1 aliphatic carbocycles. The average Bonchev–Trinajstić information content (AvgIpc) is 2.17. The fourth-order valence-electron chi connectivity index (χ4n) is 1.56. The molecule has 1 atom stereocenters. The Bertz CT molecular complexity index is 338. The lowest BCUT2D eigenvalue weighted by Crippen LogP contribution is -2.23. The van der Waals surface area contributed by atoms with Gasteiger partial charge in [-0.25, -0.2) is 0 Å². The van der Waals surface area contributed by atoms with Crippen LogP contribution in [0, 0.1) is 16.9 Å². The predicted octanol–water partition coefficient (Wildman–Crippen LogP) is 3.18. The van der Waals surface area contributed by atoms with Crippen LogP contribution in [0.1, 0.15) is 26.2 Å². The van der Waals surface area contributed by atoms with Crippen LogP contribution in [-0.2, 0) is 4.79 Å². The van der Waals surface area contributed by atoms with Crippen LogP contribution >= 0.6 is 0 Å². The summed E-state index contributed by atoms with van der Waals surface area (Å²) < 4.78 is 0. The number of rotatable bonds is 1. The second kappa shape index (κ2) is 4.36. The lowest BCUT2D eigenvalue weighted by Gasteiger charge is -2.26. The van der Waals surface area contributed by atoms with Gasteiger partial charge in [-0.05, 0) is 18.9 Å². The van der Waals surface area contributed by atoms with Crippen molar-refractivity contribution in [2.75, 3.05) is 0 Å². The first kappa shape index (κ1) is 12.3. The van der Waals surface area contributed by atoms with Gasteiger partial charge in [0.2, 0.25) is 0 Å². The van der Waals surface area contributed by atoms with E-state index in [-0.39, 0.29) is 11.2 Å². The summed E-state index contributed by atoms with van der Waals surface area (Å²) in [5.74, 6) is 3.66. The van der Waals surface area contributed by atoms with Crippen molar-refractivity contribution in [2.24, 2.45) is 5.41 Å². The summed E-state index contributed by atoms with van der Waals surface area (Å²) in [5.41, 5.74) is 3.40. The third-order valence-corrected chi connectivity index (χ3v) is 3.60. The van der Waals surface area contributed by atoms with E-state index in [1.807, 2.05) is 6.08 Å². The molecule has 0 radical (unpaired) electrons. The lowest BCUT2D eigenvalue weighted by atomic mass is 9.77. The summed E-state index contributed by atoms with van der Waals surface area (Å²) in [6.07, 6.45) is 6.30. The Morgan fingerprint density at radius 2 is 2.13 bits per heavy atom. The molecule has 0 heterocycles. The monoisotopic (exact) mass is 220 g/mol. The maximum absolute atomic E-state index is 11.1. The number of ketones is 1. The zero-order valence-electron chi connectivity index (χ0n) is 10.2. The molecular weight excluding hydrogens is 200 g/mol. The van der Waals surface area contributed by atoms with Crippen LogP contribution in [0.3, 0.4) is 0 Å². The Morgan fingerprint density at radius 3 is 2.53 bits per heavy atom. The van der Waals surface area contributed by atoms with E-state index in [4.69, 9.17) is 0 Å². The molecule has 1 nitrogen and oxygen atoms in total. The highest BCUT2D eigenvalue weighted by molar-refractivity contribution is 6.83. The van der Waals surface area contributed by atoms with Crippen molar-refractivity contribution in [1.82, 2.24) is 0 Å². The standard InChI is InChI=1S/C13H20OSi/c1-5-13(10-11-15(2,3)4)8-6-12(14)7-9-13/h6,8H,5,7,9H2,1-4H3. The molecular formula is C13H20OSi. The molecule has 0 amide bonds. The second-order valence-corrected chi connectivity index (χ2v) is 10.1. The lowest BCUT2D eigenvalue weighted by molar-refractivity contribution is -0.115. The van der Waals surface area contributed by atoms with Crippen molar-refractivity contribution in [3.63, 3.8) is 0 Å². The van der Waals surface area contributed by atoms with Crippen molar-refractivity contribution < 1.29 is 4.79 Å². The smallest absolute Gasteiger partial charge is 0.155 e. The van der Waals surface area contributed by atoms with Gasteiger partial charge in [0.1, 0.15) is 8.07 Å². The number of carbonyl (C=O) groups excluding carboxylic acids is 1. The van der Waals surface area contributed by atoms with Gasteiger partial charge in [-0.15, -0.1) is 5.54 Å². The van der Waals surface area contributed by atoms with Crippen molar-refractivity contribution in [3.8, 4) is 11.5 Å². The summed E-state index contributed by atoms with van der Waals surface area (Å²) in [7, 11) is -1.30. The van der Waals surface area contributed by atoms with Gasteiger partial charge in [0.05, 0.1) is 0 Å². The van der Waals surface area contributed by atoms with Gasteiger partial charge in [-0.1, -0.05) is 38.6 Å². The zero-order valence-corrected chi connectivity index (χ0v) is 11.2. The van der Waals surface area contributed by atoms with Gasteiger partial charge in [-0.2, -0.15) is 0 Å². The highest BCUT2D eigenvalue weighted by Gasteiger charge is 2.27. The summed E-state index contributed by atoms with van der Waals surface area (Å²) in [4.78, 5) is 11.1. The van der Waals surface area contributed by atoms with Crippen molar-refractivity contribution in [1.29, 1.82) is 0 Å². The first-order valence-electron chi connectivity index (χ1n) is 5.63. The van der Waals surface area contributed by atoms with Gasteiger partial charge in [0.25, 0.3) is 0 Å². The van der Waals surface area contributed by atoms with E-state index >= 15 is 0 Å². The summed E-state index contributed by atoms with van der Waals surface area (Å²) in [6.45, 7) is 8.90. The molecule has 1 aliphatic rings. The summed E-state index contributed by atoms with van der Waals surface area (Å²) in [5, 5.41) is 0. The van der Waals surface area contributed by atoms with Gasteiger partial charge >= 0.3 is 0 Å². The minimum absolute atomic E-state index is 0.0197. The first-order valence-corrected chi connectivity index (χ1v) is 9.13. The molecule has 15 heavy (non-hydrogen) atoms. The zero-order chi connectivity index (χ0) is 11.5. The van der Waals surface area contributed by atoms with Crippen LogP contribution < -0.4 is 0 Å².